The molecule has 4 N–H and O–H groups in total. The number of rotatable bonds is 9. The lowest BCUT2D eigenvalue weighted by Crippen LogP contribution is -2.42. The van der Waals surface area contributed by atoms with Crippen LogP contribution in [-0.2, 0) is 11.3 Å². The monoisotopic (exact) mass is 469 g/mol. The van der Waals surface area contributed by atoms with Crippen molar-refractivity contribution in [1.82, 2.24) is 9.55 Å². The van der Waals surface area contributed by atoms with Gasteiger partial charge in [0.1, 0.15) is 5.82 Å². The van der Waals surface area contributed by atoms with Gasteiger partial charge in [-0.1, -0.05) is 19.9 Å². The minimum atomic E-state index is -0.783. The van der Waals surface area contributed by atoms with Crippen LogP contribution in [0.25, 0.3) is 0 Å². The molecular weight excluding hydrogens is 442 g/mol. The average molecular weight is 469 g/mol. The first-order valence-electron chi connectivity index (χ1n) is 10.6. The van der Waals surface area contributed by atoms with E-state index in [4.69, 9.17) is 14.9 Å². The van der Waals surface area contributed by atoms with Crippen LogP contribution in [0.5, 0.6) is 0 Å². The van der Waals surface area contributed by atoms with Gasteiger partial charge in [-0.05, 0) is 36.2 Å². The Morgan fingerprint density at radius 1 is 1.24 bits per heavy atom. The van der Waals surface area contributed by atoms with Crippen molar-refractivity contribution < 1.29 is 18.7 Å². The van der Waals surface area contributed by atoms with Gasteiger partial charge in [0.15, 0.2) is 11.4 Å². The molecule has 34 heavy (non-hydrogen) atoms. The van der Waals surface area contributed by atoms with Crippen molar-refractivity contribution in [1.29, 1.82) is 0 Å². The Balaban J connectivity index is 2.00. The van der Waals surface area contributed by atoms with Gasteiger partial charge in [0.05, 0.1) is 12.9 Å². The zero-order chi connectivity index (χ0) is 24.8. The summed E-state index contributed by atoms with van der Waals surface area (Å²) in [6.07, 6.45) is 1.38. The first kappa shape index (κ1) is 24.5. The highest BCUT2D eigenvalue weighted by Crippen LogP contribution is 2.21. The summed E-state index contributed by atoms with van der Waals surface area (Å²) in [7, 11) is 1.46. The maximum atomic E-state index is 13.5. The van der Waals surface area contributed by atoms with Crippen LogP contribution in [0, 0.1) is 5.92 Å². The average Bonchev–Trinajstić information content (AvgIpc) is 3.33. The van der Waals surface area contributed by atoms with Crippen molar-refractivity contribution in [3.63, 3.8) is 0 Å². The summed E-state index contributed by atoms with van der Waals surface area (Å²) < 4.78 is 11.4. The van der Waals surface area contributed by atoms with Gasteiger partial charge in [-0.2, -0.15) is 0 Å². The summed E-state index contributed by atoms with van der Waals surface area (Å²) in [5.74, 6) is -0.971. The van der Waals surface area contributed by atoms with Gasteiger partial charge in [0.25, 0.3) is 17.4 Å². The van der Waals surface area contributed by atoms with E-state index in [0.29, 0.717) is 5.69 Å². The number of furan rings is 1. The van der Waals surface area contributed by atoms with E-state index >= 15 is 0 Å². The minimum absolute atomic E-state index is 0.00543. The zero-order valence-corrected chi connectivity index (χ0v) is 19.2. The quantitative estimate of drug-likeness (QED) is 0.433. The van der Waals surface area contributed by atoms with Gasteiger partial charge < -0.3 is 20.2 Å². The second kappa shape index (κ2) is 10.7. The number of carbonyl (C=O) groups is 2. The van der Waals surface area contributed by atoms with Gasteiger partial charge in [-0.15, -0.1) is 0 Å². The molecule has 0 saturated carbocycles. The molecule has 2 aromatic heterocycles. The van der Waals surface area contributed by atoms with Gasteiger partial charge in [-0.3, -0.25) is 28.8 Å². The van der Waals surface area contributed by atoms with E-state index in [9.17, 15) is 19.2 Å². The summed E-state index contributed by atoms with van der Waals surface area (Å²) in [5.41, 5.74) is 5.17. The predicted molar refractivity (Wildman–Crippen MR) is 127 cm³/mol. The van der Waals surface area contributed by atoms with Crippen LogP contribution >= 0.6 is 0 Å². The van der Waals surface area contributed by atoms with Crippen LogP contribution in [0.2, 0.25) is 0 Å². The third-order valence-electron chi connectivity index (χ3n) is 4.91. The lowest BCUT2D eigenvalue weighted by molar-refractivity contribution is 0.0972. The van der Waals surface area contributed by atoms with Gasteiger partial charge >= 0.3 is 5.69 Å². The van der Waals surface area contributed by atoms with Crippen molar-refractivity contribution >= 4 is 29.0 Å². The second-order valence-electron chi connectivity index (χ2n) is 7.96. The maximum Gasteiger partial charge on any atom is 0.330 e. The SMILES string of the molecule is COCCN(C(=O)c1cccc(NC(=O)c2ccco2)c1)c1c(N)n(CC(C)C)c(=O)[nH]c1=O. The fourth-order valence-corrected chi connectivity index (χ4v) is 3.37. The standard InChI is InChI=1S/C23H27N5O6/c1-14(2)13-28-19(24)18(21(30)26-23(28)32)27(9-11-33-3)22(31)15-6-4-7-16(12-15)25-20(29)17-8-5-10-34-17/h4-8,10,12,14H,9,11,13,24H2,1-3H3,(H,25,29)(H,26,30,32). The Kier molecular flexibility index (Phi) is 7.69. The number of methoxy groups -OCH3 is 1. The summed E-state index contributed by atoms with van der Waals surface area (Å²) in [4.78, 5) is 54.2. The molecule has 0 aliphatic heterocycles. The van der Waals surface area contributed by atoms with E-state index in [1.165, 1.54) is 35.0 Å². The lowest BCUT2D eigenvalue weighted by atomic mass is 10.1. The van der Waals surface area contributed by atoms with E-state index in [0.717, 1.165) is 0 Å². The van der Waals surface area contributed by atoms with Crippen LogP contribution in [-0.4, -0.2) is 41.6 Å². The lowest BCUT2D eigenvalue weighted by Gasteiger charge is -2.25. The van der Waals surface area contributed by atoms with Crippen molar-refractivity contribution in [2.75, 3.05) is 36.2 Å². The molecule has 180 valence electrons. The zero-order valence-electron chi connectivity index (χ0n) is 19.2. The molecule has 2 amide bonds. The number of aromatic nitrogens is 2. The van der Waals surface area contributed by atoms with Crippen LogP contribution in [0.15, 0.2) is 56.7 Å². The number of aromatic amines is 1. The molecule has 3 aromatic rings. The summed E-state index contributed by atoms with van der Waals surface area (Å²) >= 11 is 0. The molecule has 0 atom stereocenters. The third kappa shape index (κ3) is 5.44. The number of hydrogen-bond acceptors (Lipinski definition) is 7. The molecular formula is C23H27N5O6. The van der Waals surface area contributed by atoms with E-state index in [-0.39, 0.29) is 48.4 Å². The largest absolute Gasteiger partial charge is 0.459 e. The normalized spacial score (nSPS) is 10.9. The number of ether oxygens (including phenoxy) is 1. The highest BCUT2D eigenvalue weighted by Gasteiger charge is 2.25. The topological polar surface area (TPSA) is 153 Å². The summed E-state index contributed by atoms with van der Waals surface area (Å²) in [6, 6.07) is 9.31. The molecule has 11 heteroatoms. The number of hydrogen-bond donors (Lipinski definition) is 3. The Morgan fingerprint density at radius 2 is 2.00 bits per heavy atom. The van der Waals surface area contributed by atoms with Crippen LogP contribution in [0.1, 0.15) is 34.8 Å². The molecule has 0 fully saturated rings. The number of H-pyrrole nitrogens is 1. The fourth-order valence-electron chi connectivity index (χ4n) is 3.37. The Labute approximate surface area is 195 Å². The van der Waals surface area contributed by atoms with Gasteiger partial charge in [0, 0.05) is 31.5 Å². The molecule has 2 heterocycles. The molecule has 0 unspecified atom stereocenters. The molecule has 0 aliphatic carbocycles. The van der Waals surface area contributed by atoms with Crippen molar-refractivity contribution in [2.45, 2.75) is 20.4 Å². The molecule has 0 aliphatic rings. The van der Waals surface area contributed by atoms with Crippen LogP contribution in [0.4, 0.5) is 17.2 Å². The van der Waals surface area contributed by atoms with E-state index in [1.54, 1.807) is 24.3 Å². The Hall–Kier alpha value is -4.12. The number of nitrogens with two attached hydrogens (primary N) is 1. The molecule has 1 aromatic carbocycles. The van der Waals surface area contributed by atoms with Crippen molar-refractivity contribution in [3.05, 3.63) is 74.8 Å². The molecule has 0 saturated heterocycles. The molecule has 0 bridgehead atoms. The van der Waals surface area contributed by atoms with Crippen LogP contribution in [0.3, 0.4) is 0 Å². The number of amides is 2. The number of nitrogens with one attached hydrogen (secondary N) is 2. The molecule has 3 rings (SSSR count). The first-order chi connectivity index (χ1) is 16.2. The number of carbonyl (C=O) groups excluding carboxylic acids is 2. The minimum Gasteiger partial charge on any atom is -0.459 e. The molecule has 0 spiro atoms. The van der Waals surface area contributed by atoms with Crippen molar-refractivity contribution in [2.24, 2.45) is 5.92 Å². The summed E-state index contributed by atoms with van der Waals surface area (Å²) in [5, 5.41) is 2.66. The predicted octanol–water partition coefficient (Wildman–Crippen LogP) is 1.91. The fraction of sp³-hybridized carbons (Fsp3) is 0.304. The Bertz CT molecular complexity index is 1280. The van der Waals surface area contributed by atoms with Crippen LogP contribution < -0.4 is 27.2 Å². The highest BCUT2D eigenvalue weighted by atomic mass is 16.5. The number of nitrogens with zero attached hydrogens (tertiary/aromatic N) is 2. The van der Waals surface area contributed by atoms with E-state index in [2.05, 4.69) is 10.3 Å². The van der Waals surface area contributed by atoms with Crippen molar-refractivity contribution in [3.8, 4) is 0 Å². The third-order valence-corrected chi connectivity index (χ3v) is 4.91. The van der Waals surface area contributed by atoms with E-state index < -0.39 is 23.1 Å². The molecule has 11 nitrogen and oxygen atoms in total. The summed E-state index contributed by atoms with van der Waals surface area (Å²) in [6.45, 7) is 4.17. The number of anilines is 3. The van der Waals surface area contributed by atoms with E-state index in [1.807, 2.05) is 13.8 Å². The van der Waals surface area contributed by atoms with Gasteiger partial charge in [-0.25, -0.2) is 4.79 Å². The maximum absolute atomic E-state index is 13.5. The smallest absolute Gasteiger partial charge is 0.330 e. The van der Waals surface area contributed by atoms with Gasteiger partial charge in [0.2, 0.25) is 0 Å². The Morgan fingerprint density at radius 3 is 2.65 bits per heavy atom. The second-order valence-corrected chi connectivity index (χ2v) is 7.96. The number of nitrogen functional groups attached to an aromatic ring is 1. The highest BCUT2D eigenvalue weighted by molar-refractivity contribution is 6.08. The number of benzene rings is 1. The molecule has 0 radical (unpaired) electrons. The first-order valence-corrected chi connectivity index (χ1v) is 10.6.